The molecule has 2 heterocycles. The first kappa shape index (κ1) is 22.4. The van der Waals surface area contributed by atoms with Crippen molar-refractivity contribution in [3.05, 3.63) is 64.6 Å². The van der Waals surface area contributed by atoms with E-state index in [2.05, 4.69) is 21.0 Å². The second-order valence-electron chi connectivity index (χ2n) is 6.62. The molecule has 164 valence electrons. The van der Waals surface area contributed by atoms with Gasteiger partial charge in [0, 0.05) is 6.42 Å². The van der Waals surface area contributed by atoms with Crippen LogP contribution in [-0.4, -0.2) is 35.0 Å². The molecule has 2 amide bonds. The molecule has 0 spiro atoms. The molecule has 0 aliphatic heterocycles. The summed E-state index contributed by atoms with van der Waals surface area (Å²) in [5.74, 6) is -1.01. The maximum atomic E-state index is 12.4. The van der Waals surface area contributed by atoms with Crippen molar-refractivity contribution >= 4 is 33.9 Å². The number of amides is 2. The van der Waals surface area contributed by atoms with E-state index < -0.39 is 27.4 Å². The Labute approximate surface area is 183 Å². The van der Waals surface area contributed by atoms with Gasteiger partial charge in [-0.1, -0.05) is 25.1 Å². The predicted molar refractivity (Wildman–Crippen MR) is 113 cm³/mol. The summed E-state index contributed by atoms with van der Waals surface area (Å²) in [7, 11) is -3.61. The molecule has 0 atom stereocenters. The van der Waals surface area contributed by atoms with Crippen LogP contribution in [0.15, 0.2) is 51.8 Å². The Bertz CT molecular complexity index is 1230. The zero-order valence-electron chi connectivity index (χ0n) is 16.6. The van der Waals surface area contributed by atoms with Gasteiger partial charge in [-0.15, -0.1) is 0 Å². The maximum Gasteiger partial charge on any atom is 0.305 e. The average molecular weight is 464 g/mol. The smallest absolute Gasteiger partial charge is 0.305 e. The van der Waals surface area contributed by atoms with Crippen molar-refractivity contribution < 1.29 is 22.4 Å². The highest BCUT2D eigenvalue weighted by atomic mass is 32.2. The number of carbonyl (C=O) groups is 2. The summed E-state index contributed by atoms with van der Waals surface area (Å²) in [6.45, 7) is 1.86. The molecule has 3 rings (SSSR count). The average Bonchev–Trinajstić information content (AvgIpc) is 3.34. The molecule has 3 aromatic rings. The minimum atomic E-state index is -3.61. The first-order chi connectivity index (χ1) is 14.8. The fraction of sp³-hybridized carbons (Fsp3) is 0.263. The van der Waals surface area contributed by atoms with Crippen LogP contribution >= 0.6 is 12.2 Å². The van der Waals surface area contributed by atoms with Crippen LogP contribution < -0.4 is 10.9 Å². The van der Waals surface area contributed by atoms with E-state index in [-0.39, 0.29) is 23.0 Å². The van der Waals surface area contributed by atoms with Crippen LogP contribution in [0.25, 0.3) is 0 Å². The number of nitrogens with one attached hydrogen (secondary N) is 3. The fourth-order valence-corrected chi connectivity index (χ4v) is 4.26. The number of furan rings is 1. The lowest BCUT2D eigenvalue weighted by molar-refractivity contribution is -0.122. The van der Waals surface area contributed by atoms with E-state index in [0.717, 1.165) is 6.42 Å². The molecular formula is C19H21N5O5S2. The highest BCUT2D eigenvalue weighted by Gasteiger charge is 2.19. The van der Waals surface area contributed by atoms with Crippen LogP contribution in [0.1, 0.15) is 35.5 Å². The second kappa shape index (κ2) is 9.71. The van der Waals surface area contributed by atoms with E-state index in [0.29, 0.717) is 17.0 Å². The molecule has 0 unspecified atom stereocenters. The summed E-state index contributed by atoms with van der Waals surface area (Å²) in [6.07, 6.45) is 1.48. The van der Waals surface area contributed by atoms with Crippen molar-refractivity contribution in [2.75, 3.05) is 0 Å². The van der Waals surface area contributed by atoms with Gasteiger partial charge in [0.2, 0.25) is 0 Å². The Hall–Kier alpha value is -3.25. The topological polar surface area (TPSA) is 139 Å². The molecule has 0 aliphatic carbocycles. The number of benzene rings is 1. The highest BCUT2D eigenvalue weighted by molar-refractivity contribution is 7.90. The van der Waals surface area contributed by atoms with Gasteiger partial charge in [-0.3, -0.25) is 30.1 Å². The zero-order valence-corrected chi connectivity index (χ0v) is 18.3. The lowest BCUT2D eigenvalue weighted by atomic mass is 10.3. The first-order valence-electron chi connectivity index (χ1n) is 9.40. The van der Waals surface area contributed by atoms with Crippen LogP contribution in [0, 0.1) is 4.77 Å². The van der Waals surface area contributed by atoms with E-state index in [1.165, 1.54) is 24.3 Å². The van der Waals surface area contributed by atoms with Crippen molar-refractivity contribution in [1.29, 1.82) is 0 Å². The number of aromatic nitrogens is 3. The highest BCUT2D eigenvalue weighted by Crippen LogP contribution is 2.18. The van der Waals surface area contributed by atoms with Gasteiger partial charge in [0.15, 0.2) is 20.4 Å². The van der Waals surface area contributed by atoms with Crippen molar-refractivity contribution in [3.63, 3.8) is 0 Å². The summed E-state index contributed by atoms with van der Waals surface area (Å²) in [5, 5.41) is 6.71. The molecule has 12 heteroatoms. The Morgan fingerprint density at radius 2 is 1.90 bits per heavy atom. The number of H-pyrrole nitrogens is 1. The van der Waals surface area contributed by atoms with Crippen molar-refractivity contribution in [1.82, 2.24) is 25.6 Å². The first-order valence-corrected chi connectivity index (χ1v) is 11.5. The number of aromatic amines is 1. The van der Waals surface area contributed by atoms with Gasteiger partial charge in [0.05, 0.1) is 4.90 Å². The molecule has 31 heavy (non-hydrogen) atoms. The third-order valence-corrected chi connectivity index (χ3v) is 6.21. The van der Waals surface area contributed by atoms with Crippen LogP contribution in [0.2, 0.25) is 0 Å². The molecule has 0 fully saturated rings. The number of nitrogens with zero attached hydrogens (tertiary/aromatic N) is 2. The monoisotopic (exact) mass is 463 g/mol. The van der Waals surface area contributed by atoms with Crippen LogP contribution in [0.4, 0.5) is 0 Å². The largest absolute Gasteiger partial charge is 0.455 e. The zero-order chi connectivity index (χ0) is 22.4. The summed E-state index contributed by atoms with van der Waals surface area (Å²) < 4.78 is 32.0. The van der Waals surface area contributed by atoms with E-state index in [1.54, 1.807) is 22.8 Å². The molecule has 1 aromatic carbocycles. The molecule has 0 bridgehead atoms. The molecule has 0 radical (unpaired) electrons. The van der Waals surface area contributed by atoms with Gasteiger partial charge in [0.1, 0.15) is 23.9 Å². The Kier molecular flexibility index (Phi) is 7.02. The standard InChI is InChI=1S/C19H21N5O5S2/c1-2-6-16-20-23-19(30)24(16)11-17(25)21-22-18(26)15-10-9-13(29-15)12-31(27,28)14-7-4-3-5-8-14/h3-5,7-10H,2,6,11-12H2,1H3,(H,21,25)(H,22,26)(H,23,30). The van der Waals surface area contributed by atoms with Crippen LogP contribution in [-0.2, 0) is 33.4 Å². The van der Waals surface area contributed by atoms with Gasteiger partial charge in [-0.25, -0.2) is 8.42 Å². The van der Waals surface area contributed by atoms with Crippen LogP contribution in [0.5, 0.6) is 0 Å². The number of carbonyl (C=O) groups excluding carboxylic acids is 2. The maximum absolute atomic E-state index is 12.4. The number of hydrogen-bond donors (Lipinski definition) is 3. The molecule has 3 N–H and O–H groups in total. The molecule has 0 aliphatic rings. The number of rotatable bonds is 8. The van der Waals surface area contributed by atoms with Gasteiger partial charge in [-0.05, 0) is 42.9 Å². The SMILES string of the molecule is CCCc1n[nH]c(=S)n1CC(=O)NNC(=O)c1ccc(CS(=O)(=O)c2ccccc2)o1. The Morgan fingerprint density at radius 1 is 1.16 bits per heavy atom. The third-order valence-electron chi connectivity index (χ3n) is 4.25. The minimum Gasteiger partial charge on any atom is -0.455 e. The minimum absolute atomic E-state index is 0.106. The van der Waals surface area contributed by atoms with Crippen molar-refractivity contribution in [2.24, 2.45) is 0 Å². The number of hydrazine groups is 1. The van der Waals surface area contributed by atoms with Gasteiger partial charge < -0.3 is 4.42 Å². The quantitative estimate of drug-likeness (QED) is 0.343. The fourth-order valence-electron chi connectivity index (χ4n) is 2.77. The Morgan fingerprint density at radius 3 is 2.61 bits per heavy atom. The summed E-state index contributed by atoms with van der Waals surface area (Å²) in [5.41, 5.74) is 4.50. The van der Waals surface area contributed by atoms with E-state index in [1.807, 2.05) is 6.92 Å². The van der Waals surface area contributed by atoms with Gasteiger partial charge in [-0.2, -0.15) is 5.10 Å². The molecular weight excluding hydrogens is 442 g/mol. The summed E-state index contributed by atoms with van der Waals surface area (Å²) >= 11 is 5.11. The molecule has 2 aromatic heterocycles. The van der Waals surface area contributed by atoms with Gasteiger partial charge in [0.25, 0.3) is 5.91 Å². The lowest BCUT2D eigenvalue weighted by Crippen LogP contribution is -2.43. The molecule has 0 saturated heterocycles. The number of aryl methyl sites for hydroxylation is 1. The van der Waals surface area contributed by atoms with Crippen molar-refractivity contribution in [3.8, 4) is 0 Å². The van der Waals surface area contributed by atoms with Gasteiger partial charge >= 0.3 is 5.91 Å². The third kappa shape index (κ3) is 5.67. The number of sulfone groups is 1. The summed E-state index contributed by atoms with van der Waals surface area (Å²) in [4.78, 5) is 24.5. The van der Waals surface area contributed by atoms with Crippen LogP contribution in [0.3, 0.4) is 0 Å². The number of hydrogen-bond acceptors (Lipinski definition) is 7. The lowest BCUT2D eigenvalue weighted by Gasteiger charge is -2.08. The second-order valence-corrected chi connectivity index (χ2v) is 9.00. The van der Waals surface area contributed by atoms with E-state index in [4.69, 9.17) is 16.6 Å². The Balaban J connectivity index is 1.57. The van der Waals surface area contributed by atoms with Crippen molar-refractivity contribution in [2.45, 2.75) is 37.0 Å². The molecule has 0 saturated carbocycles. The molecule has 10 nitrogen and oxygen atoms in total. The predicted octanol–water partition coefficient (Wildman–Crippen LogP) is 1.92. The summed E-state index contributed by atoms with van der Waals surface area (Å²) in [6, 6.07) is 10.7. The normalized spacial score (nSPS) is 11.3. The van der Waals surface area contributed by atoms with E-state index >= 15 is 0 Å². The van der Waals surface area contributed by atoms with E-state index in [9.17, 15) is 18.0 Å².